The molecule has 2 aromatic carbocycles. The average molecular weight is 530 g/mol. The van der Waals surface area contributed by atoms with Gasteiger partial charge in [-0.1, -0.05) is 42.5 Å². The summed E-state index contributed by atoms with van der Waals surface area (Å²) in [5.41, 5.74) is 4.54. The van der Waals surface area contributed by atoms with Gasteiger partial charge in [0, 0.05) is 46.5 Å². The fourth-order valence-electron chi connectivity index (χ4n) is 5.38. The van der Waals surface area contributed by atoms with Crippen LogP contribution in [0.4, 0.5) is 0 Å². The lowest BCUT2D eigenvalue weighted by molar-refractivity contribution is -0.139. The summed E-state index contributed by atoms with van der Waals surface area (Å²) in [4.78, 5) is 28.5. The second-order valence-electron chi connectivity index (χ2n) is 9.52. The van der Waals surface area contributed by atoms with Crippen molar-refractivity contribution in [3.05, 3.63) is 105 Å². The van der Waals surface area contributed by atoms with Crippen molar-refractivity contribution in [2.45, 2.75) is 38.0 Å². The molecule has 38 heavy (non-hydrogen) atoms. The molecule has 196 valence electrons. The number of methoxy groups -OCH3 is 2. The first-order chi connectivity index (χ1) is 18.5. The maximum absolute atomic E-state index is 13.7. The van der Waals surface area contributed by atoms with Crippen molar-refractivity contribution in [2.75, 3.05) is 20.8 Å². The number of thiophene rings is 1. The van der Waals surface area contributed by atoms with Crippen molar-refractivity contribution in [1.29, 1.82) is 0 Å². The minimum atomic E-state index is -0.563. The standard InChI is InChI=1S/C31H31NO5S/c1-19-28(31(34)37-14-13-20-8-5-4-6-9-20)29(21-11-12-25(35-2)26(18-21)36-3)30-23(32-19)16-22(17-24(30)33)27-10-7-15-38-27/h4-12,15,18,22,29,32H,13-14,16-17H2,1-3H3/t22-,29+/m0/s1. The van der Waals surface area contributed by atoms with Crippen LogP contribution in [0.2, 0.25) is 0 Å². The van der Waals surface area contributed by atoms with Gasteiger partial charge in [0.05, 0.1) is 26.4 Å². The van der Waals surface area contributed by atoms with E-state index in [-0.39, 0.29) is 18.3 Å². The number of benzene rings is 2. The Morgan fingerprint density at radius 3 is 2.50 bits per heavy atom. The van der Waals surface area contributed by atoms with Crippen molar-refractivity contribution in [3.63, 3.8) is 0 Å². The molecular formula is C31H31NO5S. The Morgan fingerprint density at radius 2 is 1.79 bits per heavy atom. The van der Waals surface area contributed by atoms with Gasteiger partial charge in [-0.25, -0.2) is 4.79 Å². The quantitative estimate of drug-likeness (QED) is 0.366. The lowest BCUT2D eigenvalue weighted by Crippen LogP contribution is -2.36. The molecule has 0 radical (unpaired) electrons. The lowest BCUT2D eigenvalue weighted by Gasteiger charge is -2.36. The second kappa shape index (κ2) is 11.3. The van der Waals surface area contributed by atoms with Crippen LogP contribution in [0.25, 0.3) is 0 Å². The zero-order chi connectivity index (χ0) is 26.6. The van der Waals surface area contributed by atoms with Gasteiger partial charge in [0.2, 0.25) is 0 Å². The summed E-state index contributed by atoms with van der Waals surface area (Å²) in [5.74, 6) is 0.295. The Balaban J connectivity index is 1.50. The molecule has 2 heterocycles. The number of esters is 1. The van der Waals surface area contributed by atoms with Crippen LogP contribution in [0, 0.1) is 0 Å². The summed E-state index contributed by atoms with van der Waals surface area (Å²) in [6.07, 6.45) is 1.72. The minimum absolute atomic E-state index is 0.0408. The third-order valence-corrected chi connectivity index (χ3v) is 8.24. The van der Waals surface area contributed by atoms with Gasteiger partial charge in [-0.15, -0.1) is 11.3 Å². The first-order valence-electron chi connectivity index (χ1n) is 12.7. The summed E-state index contributed by atoms with van der Waals surface area (Å²) in [7, 11) is 3.16. The number of carbonyl (C=O) groups excluding carboxylic acids is 2. The van der Waals surface area contributed by atoms with Crippen LogP contribution < -0.4 is 14.8 Å². The highest BCUT2D eigenvalue weighted by molar-refractivity contribution is 7.10. The van der Waals surface area contributed by atoms with E-state index in [0.29, 0.717) is 47.6 Å². The number of nitrogens with one attached hydrogen (secondary N) is 1. The van der Waals surface area contributed by atoms with E-state index in [9.17, 15) is 9.59 Å². The van der Waals surface area contributed by atoms with Crippen LogP contribution in [0.3, 0.4) is 0 Å². The second-order valence-corrected chi connectivity index (χ2v) is 10.5. The van der Waals surface area contributed by atoms with E-state index in [1.807, 2.05) is 66.9 Å². The fourth-order valence-corrected chi connectivity index (χ4v) is 6.21. The number of carbonyl (C=O) groups is 2. The van der Waals surface area contributed by atoms with Crippen molar-refractivity contribution in [1.82, 2.24) is 5.32 Å². The van der Waals surface area contributed by atoms with Gasteiger partial charge in [0.25, 0.3) is 0 Å². The van der Waals surface area contributed by atoms with Gasteiger partial charge in [0.15, 0.2) is 17.3 Å². The zero-order valence-electron chi connectivity index (χ0n) is 21.8. The molecule has 3 aromatic rings. The molecular weight excluding hydrogens is 498 g/mol. The number of hydrogen-bond donors (Lipinski definition) is 1. The van der Waals surface area contributed by atoms with Crippen molar-refractivity contribution in [3.8, 4) is 11.5 Å². The number of dihydropyridines is 1. The minimum Gasteiger partial charge on any atom is -0.493 e. The van der Waals surface area contributed by atoms with Gasteiger partial charge in [0.1, 0.15) is 0 Å². The Bertz CT molecular complexity index is 1390. The topological polar surface area (TPSA) is 73.9 Å². The van der Waals surface area contributed by atoms with E-state index in [4.69, 9.17) is 14.2 Å². The van der Waals surface area contributed by atoms with Crippen LogP contribution in [0.15, 0.2) is 88.6 Å². The molecule has 0 bridgehead atoms. The normalized spacial score (nSPS) is 19.1. The summed E-state index contributed by atoms with van der Waals surface area (Å²) in [6.45, 7) is 2.13. The van der Waals surface area contributed by atoms with Gasteiger partial charge in [-0.2, -0.15) is 0 Å². The molecule has 0 fully saturated rings. The lowest BCUT2D eigenvalue weighted by atomic mass is 9.72. The molecule has 1 N–H and O–H groups in total. The van der Waals surface area contributed by atoms with Crippen LogP contribution >= 0.6 is 11.3 Å². The maximum Gasteiger partial charge on any atom is 0.336 e. The highest BCUT2D eigenvalue weighted by atomic mass is 32.1. The summed E-state index contributed by atoms with van der Waals surface area (Å²) < 4.78 is 16.8. The number of Topliss-reactive ketones (excluding diaryl/α,β-unsaturated/α-hetero) is 1. The zero-order valence-corrected chi connectivity index (χ0v) is 22.6. The molecule has 0 amide bonds. The molecule has 2 atom stereocenters. The number of rotatable bonds is 8. The molecule has 0 unspecified atom stereocenters. The third-order valence-electron chi connectivity index (χ3n) is 7.20. The van der Waals surface area contributed by atoms with Gasteiger partial charge in [-0.05, 0) is 48.1 Å². The van der Waals surface area contributed by atoms with Crippen LogP contribution in [0.1, 0.15) is 47.6 Å². The molecule has 0 saturated carbocycles. The summed E-state index contributed by atoms with van der Waals surface area (Å²) >= 11 is 1.67. The molecule has 1 aromatic heterocycles. The molecule has 5 rings (SSSR count). The fraction of sp³-hybridized carbons (Fsp3) is 0.290. The molecule has 0 saturated heterocycles. The van der Waals surface area contributed by atoms with Crippen LogP contribution in [-0.4, -0.2) is 32.6 Å². The predicted octanol–water partition coefficient (Wildman–Crippen LogP) is 5.91. The molecule has 1 aliphatic heterocycles. The number of hydrogen-bond acceptors (Lipinski definition) is 7. The molecule has 1 aliphatic carbocycles. The average Bonchev–Trinajstić information content (AvgIpc) is 3.47. The van der Waals surface area contributed by atoms with E-state index in [0.717, 1.165) is 16.8 Å². The van der Waals surface area contributed by atoms with Gasteiger partial charge >= 0.3 is 5.97 Å². The molecule has 7 heteroatoms. The number of allylic oxidation sites excluding steroid dienone is 3. The largest absolute Gasteiger partial charge is 0.493 e. The van der Waals surface area contributed by atoms with Crippen molar-refractivity contribution >= 4 is 23.1 Å². The highest BCUT2D eigenvalue weighted by Crippen LogP contribution is 2.47. The predicted molar refractivity (Wildman–Crippen MR) is 148 cm³/mol. The van der Waals surface area contributed by atoms with Crippen LogP contribution in [-0.2, 0) is 20.7 Å². The van der Waals surface area contributed by atoms with E-state index in [1.54, 1.807) is 25.6 Å². The van der Waals surface area contributed by atoms with E-state index < -0.39 is 11.9 Å². The smallest absolute Gasteiger partial charge is 0.336 e. The first kappa shape index (κ1) is 25.8. The van der Waals surface area contributed by atoms with E-state index in [2.05, 4.69) is 11.4 Å². The number of ketones is 1. The maximum atomic E-state index is 13.7. The number of ether oxygens (including phenoxy) is 3. The molecule has 0 spiro atoms. The van der Waals surface area contributed by atoms with Crippen LogP contribution in [0.5, 0.6) is 11.5 Å². The Morgan fingerprint density at radius 1 is 1.00 bits per heavy atom. The van der Waals surface area contributed by atoms with Gasteiger partial charge in [-0.3, -0.25) is 4.79 Å². The Kier molecular flexibility index (Phi) is 7.65. The molecule has 6 nitrogen and oxygen atoms in total. The van der Waals surface area contributed by atoms with E-state index >= 15 is 0 Å². The summed E-state index contributed by atoms with van der Waals surface area (Å²) in [6, 6.07) is 19.6. The molecule has 2 aliphatic rings. The SMILES string of the molecule is COc1ccc([C@@H]2C(C(=O)OCCc3ccccc3)=C(C)NC3=C2C(=O)C[C@@H](c2cccs2)C3)cc1OC. The monoisotopic (exact) mass is 529 g/mol. The van der Waals surface area contributed by atoms with Crippen molar-refractivity contribution in [2.24, 2.45) is 0 Å². The summed E-state index contributed by atoms with van der Waals surface area (Å²) in [5, 5.41) is 5.46. The van der Waals surface area contributed by atoms with Crippen molar-refractivity contribution < 1.29 is 23.8 Å². The first-order valence-corrected chi connectivity index (χ1v) is 13.6. The van der Waals surface area contributed by atoms with Gasteiger partial charge < -0.3 is 19.5 Å². The highest BCUT2D eigenvalue weighted by Gasteiger charge is 2.41. The Hall–Kier alpha value is -3.84. The third kappa shape index (κ3) is 5.11. The van der Waals surface area contributed by atoms with E-state index in [1.165, 1.54) is 4.88 Å². The Labute approximate surface area is 226 Å².